The Kier molecular flexibility index (Phi) is 9.50. The average molecular weight is 518 g/mol. The minimum atomic E-state index is -1.01. The largest absolute Gasteiger partial charge is 0.480 e. The van der Waals surface area contributed by atoms with Crippen LogP contribution >= 0.6 is 0 Å². The summed E-state index contributed by atoms with van der Waals surface area (Å²) in [4.78, 5) is 10.7. The first-order valence-corrected chi connectivity index (χ1v) is 15.5. The molecule has 0 aliphatic heterocycles. The van der Waals surface area contributed by atoms with Crippen LogP contribution in [0.15, 0.2) is 11.6 Å². The lowest BCUT2D eigenvalue weighted by Crippen LogP contribution is -2.51. The Labute approximate surface area is 226 Å². The quantitative estimate of drug-likeness (QED) is 0.159. The lowest BCUT2D eigenvalue weighted by atomic mass is 9.47. The maximum Gasteiger partial charge on any atom is 0.320 e. The van der Waals surface area contributed by atoms with Crippen LogP contribution in [0.3, 0.4) is 0 Å². The molecule has 4 aliphatic carbocycles. The highest BCUT2D eigenvalue weighted by Gasteiger charge is 2.59. The lowest BCUT2D eigenvalue weighted by molar-refractivity contribution is -0.154. The monoisotopic (exact) mass is 517 g/mol. The molecule has 0 aromatic carbocycles. The standard InChI is InChI=1S/C32H55NO4/c1-22(2)8-6-9-23(3)27-12-13-28-26-11-10-24-20-25(37-19-7-18-33(36)21-30(34)35)14-16-31(24,4)29(26)15-17-32(27,28)5/h10,22-23,25-29,36H,6-9,11-21H2,1-5H3,(H,34,35)/t23-,25+,26?,27-,28?,29?,31+,32-/m1/s1. The second-order valence-electron chi connectivity index (χ2n) is 14.2. The predicted octanol–water partition coefficient (Wildman–Crippen LogP) is 7.58. The summed E-state index contributed by atoms with van der Waals surface area (Å²) < 4.78 is 6.21. The van der Waals surface area contributed by atoms with E-state index in [9.17, 15) is 10.0 Å². The van der Waals surface area contributed by atoms with Crippen molar-refractivity contribution in [1.82, 2.24) is 5.06 Å². The number of hydrogen-bond donors (Lipinski definition) is 2. The van der Waals surface area contributed by atoms with Gasteiger partial charge in [-0.3, -0.25) is 4.79 Å². The molecule has 0 spiro atoms. The van der Waals surface area contributed by atoms with Gasteiger partial charge in [-0.25, -0.2) is 0 Å². The lowest BCUT2D eigenvalue weighted by Gasteiger charge is -2.58. The van der Waals surface area contributed by atoms with E-state index < -0.39 is 5.97 Å². The van der Waals surface area contributed by atoms with Gasteiger partial charge < -0.3 is 15.1 Å². The number of carbonyl (C=O) groups is 1. The van der Waals surface area contributed by atoms with Gasteiger partial charge >= 0.3 is 5.97 Å². The fourth-order valence-electron chi connectivity index (χ4n) is 9.53. The van der Waals surface area contributed by atoms with E-state index >= 15 is 0 Å². The maximum absolute atomic E-state index is 10.7. The molecule has 0 aromatic rings. The van der Waals surface area contributed by atoms with Crippen molar-refractivity contribution in [3.05, 3.63) is 11.6 Å². The number of hydroxylamine groups is 2. The second-order valence-corrected chi connectivity index (χ2v) is 14.2. The van der Waals surface area contributed by atoms with Gasteiger partial charge in [-0.05, 0) is 104 Å². The van der Waals surface area contributed by atoms with Crippen molar-refractivity contribution in [3.63, 3.8) is 0 Å². The van der Waals surface area contributed by atoms with Gasteiger partial charge in [0.1, 0.15) is 6.54 Å². The zero-order chi connectivity index (χ0) is 26.8. The number of ether oxygens (including phenoxy) is 1. The maximum atomic E-state index is 10.7. The van der Waals surface area contributed by atoms with E-state index in [1.165, 1.54) is 57.8 Å². The van der Waals surface area contributed by atoms with Crippen LogP contribution in [0.4, 0.5) is 0 Å². The van der Waals surface area contributed by atoms with Crippen LogP contribution in [0.1, 0.15) is 112 Å². The minimum absolute atomic E-state index is 0.263. The molecule has 3 unspecified atom stereocenters. The van der Waals surface area contributed by atoms with Crippen LogP contribution in [-0.2, 0) is 9.53 Å². The molecule has 0 aromatic heterocycles. The van der Waals surface area contributed by atoms with Crippen LogP contribution in [0.2, 0.25) is 0 Å². The summed E-state index contributed by atoms with van der Waals surface area (Å²) in [5.74, 6) is 4.20. The molecule has 8 atom stereocenters. The van der Waals surface area contributed by atoms with Crippen molar-refractivity contribution < 1.29 is 19.8 Å². The molecular weight excluding hydrogens is 462 g/mol. The highest BCUT2D eigenvalue weighted by molar-refractivity contribution is 5.68. The number of aliphatic carboxylic acids is 1. The normalized spacial score (nSPS) is 38.2. The molecule has 2 N–H and O–H groups in total. The van der Waals surface area contributed by atoms with Crippen LogP contribution in [-0.4, -0.2) is 47.1 Å². The molecule has 0 amide bonds. The minimum Gasteiger partial charge on any atom is -0.480 e. The van der Waals surface area contributed by atoms with Gasteiger partial charge in [0.25, 0.3) is 0 Å². The molecule has 4 rings (SSSR count). The van der Waals surface area contributed by atoms with Crippen LogP contribution in [0.25, 0.3) is 0 Å². The molecule has 0 bridgehead atoms. The average Bonchev–Trinajstić information content (AvgIpc) is 3.18. The number of allylic oxidation sites excluding steroid dienone is 1. The fourth-order valence-corrected chi connectivity index (χ4v) is 9.53. The highest BCUT2D eigenvalue weighted by atomic mass is 16.5. The summed E-state index contributed by atoms with van der Waals surface area (Å²) in [6, 6.07) is 0. The second kappa shape index (κ2) is 12.1. The summed E-state index contributed by atoms with van der Waals surface area (Å²) in [7, 11) is 0. The van der Waals surface area contributed by atoms with Crippen LogP contribution < -0.4 is 0 Å². The summed E-state index contributed by atoms with van der Waals surface area (Å²) in [6.45, 7) is 13.1. The summed E-state index contributed by atoms with van der Waals surface area (Å²) in [5, 5.41) is 19.3. The Morgan fingerprint density at radius 3 is 2.59 bits per heavy atom. The van der Waals surface area contributed by atoms with Crippen molar-refractivity contribution in [1.29, 1.82) is 0 Å². The molecule has 5 nitrogen and oxygen atoms in total. The third-order valence-corrected chi connectivity index (χ3v) is 11.5. The van der Waals surface area contributed by atoms with Crippen molar-refractivity contribution in [2.45, 2.75) is 118 Å². The zero-order valence-electron chi connectivity index (χ0n) is 24.4. The number of carboxylic acids is 1. The number of rotatable bonds is 12. The van der Waals surface area contributed by atoms with Gasteiger partial charge in [0, 0.05) is 13.2 Å². The number of fused-ring (bicyclic) bond motifs is 5. The SMILES string of the molecule is CC(C)CCC[C@@H](C)[C@H]1CCC2C3CC=C4C[C@@H](OCCCN(O)CC(=O)O)CC[C@]4(C)C3CC[C@@]21C. The van der Waals surface area contributed by atoms with Crippen LogP contribution in [0, 0.1) is 46.3 Å². The molecule has 3 fully saturated rings. The molecular formula is C32H55NO4. The van der Waals surface area contributed by atoms with Crippen molar-refractivity contribution in [3.8, 4) is 0 Å². The van der Waals surface area contributed by atoms with Crippen molar-refractivity contribution >= 4 is 5.97 Å². The zero-order valence-corrected chi connectivity index (χ0v) is 24.4. The first-order chi connectivity index (χ1) is 17.5. The highest BCUT2D eigenvalue weighted by Crippen LogP contribution is 2.67. The molecule has 4 aliphatic rings. The fraction of sp³-hybridized carbons (Fsp3) is 0.906. The number of carboxylic acid groups (broad SMARTS) is 1. The van der Waals surface area contributed by atoms with Gasteiger partial charge in [0.2, 0.25) is 0 Å². The molecule has 212 valence electrons. The molecule has 3 saturated carbocycles. The molecule has 37 heavy (non-hydrogen) atoms. The Morgan fingerprint density at radius 1 is 1.08 bits per heavy atom. The van der Waals surface area contributed by atoms with Gasteiger partial charge in [0.15, 0.2) is 0 Å². The summed E-state index contributed by atoms with van der Waals surface area (Å²) in [5.41, 5.74) is 2.54. The van der Waals surface area contributed by atoms with E-state index in [4.69, 9.17) is 9.84 Å². The smallest absolute Gasteiger partial charge is 0.320 e. The van der Waals surface area contributed by atoms with Gasteiger partial charge in [-0.1, -0.05) is 65.5 Å². The molecule has 5 heteroatoms. The predicted molar refractivity (Wildman–Crippen MR) is 148 cm³/mol. The van der Waals surface area contributed by atoms with Gasteiger partial charge in [-0.15, -0.1) is 0 Å². The Balaban J connectivity index is 1.32. The van der Waals surface area contributed by atoms with Crippen molar-refractivity contribution in [2.75, 3.05) is 19.7 Å². The summed E-state index contributed by atoms with van der Waals surface area (Å²) >= 11 is 0. The molecule has 0 heterocycles. The third kappa shape index (κ3) is 6.30. The van der Waals surface area contributed by atoms with Crippen molar-refractivity contribution in [2.24, 2.45) is 46.3 Å². The molecule has 0 radical (unpaired) electrons. The summed E-state index contributed by atoms with van der Waals surface area (Å²) in [6.07, 6.45) is 18.1. The Hall–Kier alpha value is -0.910. The first kappa shape index (κ1) is 29.1. The van der Waals surface area contributed by atoms with E-state index in [1.807, 2.05) is 0 Å². The van der Waals surface area contributed by atoms with E-state index in [0.717, 1.165) is 53.4 Å². The third-order valence-electron chi connectivity index (χ3n) is 11.5. The Bertz CT molecular complexity index is 811. The topological polar surface area (TPSA) is 70.0 Å². The number of nitrogens with zero attached hydrogens (tertiary/aromatic N) is 1. The first-order valence-electron chi connectivity index (χ1n) is 15.5. The van der Waals surface area contributed by atoms with E-state index in [2.05, 4.69) is 40.7 Å². The molecule has 0 saturated heterocycles. The van der Waals surface area contributed by atoms with Gasteiger partial charge in [-0.2, -0.15) is 5.06 Å². The van der Waals surface area contributed by atoms with E-state index in [0.29, 0.717) is 30.4 Å². The van der Waals surface area contributed by atoms with Crippen LogP contribution in [0.5, 0.6) is 0 Å². The van der Waals surface area contributed by atoms with E-state index in [-0.39, 0.29) is 12.6 Å². The Morgan fingerprint density at radius 2 is 1.86 bits per heavy atom. The number of hydrogen-bond acceptors (Lipinski definition) is 4. The van der Waals surface area contributed by atoms with Gasteiger partial charge in [0.05, 0.1) is 6.10 Å². The van der Waals surface area contributed by atoms with E-state index in [1.54, 1.807) is 5.57 Å².